The third-order valence-electron chi connectivity index (χ3n) is 5.98. The van der Waals surface area contributed by atoms with E-state index < -0.39 is 5.79 Å². The third kappa shape index (κ3) is 4.47. The van der Waals surface area contributed by atoms with Crippen LogP contribution in [-0.4, -0.2) is 16.7 Å². The van der Waals surface area contributed by atoms with Crippen LogP contribution in [-0.2, 0) is 10.5 Å². The molecule has 1 unspecified atom stereocenters. The summed E-state index contributed by atoms with van der Waals surface area (Å²) in [7, 11) is 0. The quantitative estimate of drug-likeness (QED) is 0.219. The maximum atomic E-state index is 13.9. The summed E-state index contributed by atoms with van der Waals surface area (Å²) in [6, 6.07) is 33.5. The Balaban J connectivity index is 1.75. The summed E-state index contributed by atoms with van der Waals surface area (Å²) < 4.78 is 7.07. The van der Waals surface area contributed by atoms with Crippen LogP contribution in [0.2, 0.25) is 0 Å². The van der Waals surface area contributed by atoms with Crippen LogP contribution in [0.15, 0.2) is 137 Å². The van der Waals surface area contributed by atoms with Crippen LogP contribution in [0.4, 0.5) is 0 Å². The normalized spacial score (nSPS) is 18.2. The molecule has 0 aromatic heterocycles. The smallest absolute Gasteiger partial charge is 0.262 e. The first kappa shape index (κ1) is 23.7. The molecule has 0 fully saturated rings. The van der Waals surface area contributed by atoms with Crippen molar-refractivity contribution in [2.75, 3.05) is 0 Å². The number of ether oxygens (including phenoxy) is 1. The number of halogens is 1. The Morgan fingerprint density at radius 3 is 1.89 bits per heavy atom. The zero-order valence-corrected chi connectivity index (χ0v) is 20.7. The van der Waals surface area contributed by atoms with Gasteiger partial charge in [-0.2, -0.15) is 0 Å². The lowest BCUT2D eigenvalue weighted by molar-refractivity contribution is -0.120. The highest BCUT2D eigenvalue weighted by Crippen LogP contribution is 2.48. The first-order valence-corrected chi connectivity index (χ1v) is 12.2. The van der Waals surface area contributed by atoms with Gasteiger partial charge in [-0.25, -0.2) is 0 Å². The Hall–Kier alpha value is -4.06. The average molecular weight is 537 g/mol. The van der Waals surface area contributed by atoms with E-state index in [4.69, 9.17) is 4.74 Å². The highest BCUT2D eigenvalue weighted by atomic mass is 79.9. The molecule has 36 heavy (non-hydrogen) atoms. The molecular weight excluding hydrogens is 516 g/mol. The number of benzene rings is 4. The van der Waals surface area contributed by atoms with Crippen LogP contribution in [0, 0.1) is 0 Å². The maximum absolute atomic E-state index is 13.9. The maximum Gasteiger partial charge on any atom is 0.262 e. The minimum absolute atomic E-state index is 0.0920. The topological polar surface area (TPSA) is 63.6 Å². The zero-order chi connectivity index (χ0) is 25.1. The molecule has 4 aromatic rings. The molecule has 176 valence electrons. The van der Waals surface area contributed by atoms with Crippen LogP contribution in [0.1, 0.15) is 31.8 Å². The van der Waals surface area contributed by atoms with E-state index in [2.05, 4.69) is 15.9 Å². The van der Waals surface area contributed by atoms with Gasteiger partial charge >= 0.3 is 0 Å². The molecule has 0 spiro atoms. The number of Topliss-reactive ketones (excluding diaryl/α,β-unsaturated/α-hetero) is 1. The molecule has 1 atom stereocenters. The molecule has 4 nitrogen and oxygen atoms in total. The Morgan fingerprint density at radius 2 is 1.28 bits per heavy atom. The van der Waals surface area contributed by atoms with Crippen LogP contribution < -0.4 is 0 Å². The molecule has 0 amide bonds. The zero-order valence-electron chi connectivity index (χ0n) is 19.1. The van der Waals surface area contributed by atoms with E-state index in [1.165, 1.54) is 6.08 Å². The predicted octanol–water partition coefficient (Wildman–Crippen LogP) is 6.73. The van der Waals surface area contributed by atoms with Gasteiger partial charge in [-0.05, 0) is 30.3 Å². The van der Waals surface area contributed by atoms with Crippen molar-refractivity contribution in [3.8, 4) is 0 Å². The number of carbonyl (C=O) groups is 2. The fraction of sp³-hybridized carbons (Fsp3) is 0.0323. The highest BCUT2D eigenvalue weighted by Gasteiger charge is 2.48. The standard InChI is InChI=1S/C31H21BrO4/c32-25-18-16-21(17-19-25)27(33)20-26-28(29(34)22-10-4-1-5-11-22)30(23-12-6-2-7-13-23)36-31(26,35)24-14-8-3-9-15-24/h1-20,35H/b26-20+. The lowest BCUT2D eigenvalue weighted by atomic mass is 9.87. The van der Waals surface area contributed by atoms with E-state index in [1.807, 2.05) is 30.3 Å². The fourth-order valence-electron chi connectivity index (χ4n) is 4.17. The number of hydrogen-bond acceptors (Lipinski definition) is 4. The van der Waals surface area contributed by atoms with E-state index in [-0.39, 0.29) is 28.5 Å². The Bertz CT molecular complexity index is 1470. The van der Waals surface area contributed by atoms with E-state index in [9.17, 15) is 14.7 Å². The number of rotatable bonds is 6. The van der Waals surface area contributed by atoms with Gasteiger partial charge in [-0.3, -0.25) is 9.59 Å². The SMILES string of the molecule is O=C(/C=C1\C(C(=O)c2ccccc2)=C(c2ccccc2)OC1(O)c1ccccc1)c1ccc(Br)cc1. The number of carbonyl (C=O) groups excluding carboxylic acids is 2. The van der Waals surface area contributed by atoms with Crippen molar-refractivity contribution < 1.29 is 19.4 Å². The molecule has 0 aliphatic carbocycles. The molecule has 1 N–H and O–H groups in total. The van der Waals surface area contributed by atoms with Crippen LogP contribution >= 0.6 is 15.9 Å². The summed E-state index contributed by atoms with van der Waals surface area (Å²) in [4.78, 5) is 27.3. The molecule has 0 bridgehead atoms. The summed E-state index contributed by atoms with van der Waals surface area (Å²) in [6.45, 7) is 0. The molecule has 5 rings (SSSR count). The summed E-state index contributed by atoms with van der Waals surface area (Å²) in [5, 5.41) is 12.0. The minimum Gasteiger partial charge on any atom is -0.452 e. The Labute approximate surface area is 217 Å². The van der Waals surface area contributed by atoms with Crippen molar-refractivity contribution in [2.24, 2.45) is 0 Å². The number of hydrogen-bond donors (Lipinski definition) is 1. The van der Waals surface area contributed by atoms with Gasteiger partial charge in [0, 0.05) is 32.3 Å². The highest BCUT2D eigenvalue weighted by molar-refractivity contribution is 9.10. The van der Waals surface area contributed by atoms with Gasteiger partial charge in [0.15, 0.2) is 11.6 Å². The third-order valence-corrected chi connectivity index (χ3v) is 6.51. The summed E-state index contributed by atoms with van der Waals surface area (Å²) >= 11 is 3.38. The second-order valence-corrected chi connectivity index (χ2v) is 9.22. The van der Waals surface area contributed by atoms with Gasteiger partial charge < -0.3 is 9.84 Å². The second kappa shape index (κ2) is 9.90. The fourth-order valence-corrected chi connectivity index (χ4v) is 4.44. The summed E-state index contributed by atoms with van der Waals surface area (Å²) in [5.74, 6) is -2.54. The van der Waals surface area contributed by atoms with Crippen LogP contribution in [0.25, 0.3) is 5.76 Å². The summed E-state index contributed by atoms with van der Waals surface area (Å²) in [5.41, 5.74) is 2.10. The number of allylic oxidation sites excluding steroid dienone is 1. The Kier molecular flexibility index (Phi) is 6.51. The molecule has 0 radical (unpaired) electrons. The number of aliphatic hydroxyl groups is 1. The van der Waals surface area contributed by atoms with E-state index in [1.54, 1.807) is 84.9 Å². The molecule has 4 aromatic carbocycles. The van der Waals surface area contributed by atoms with Gasteiger partial charge in [0.05, 0.1) is 5.57 Å². The van der Waals surface area contributed by atoms with Crippen LogP contribution in [0.3, 0.4) is 0 Å². The van der Waals surface area contributed by atoms with Crippen molar-refractivity contribution >= 4 is 33.3 Å². The lowest BCUT2D eigenvalue weighted by Gasteiger charge is -2.26. The molecule has 1 aliphatic rings. The molecule has 1 aliphatic heterocycles. The lowest BCUT2D eigenvalue weighted by Crippen LogP contribution is -2.29. The molecule has 0 saturated carbocycles. The average Bonchev–Trinajstić information content (AvgIpc) is 3.23. The summed E-state index contributed by atoms with van der Waals surface area (Å²) in [6.07, 6.45) is 1.31. The van der Waals surface area contributed by atoms with Gasteiger partial charge in [0.25, 0.3) is 5.79 Å². The number of ketones is 2. The second-order valence-electron chi connectivity index (χ2n) is 8.31. The molecule has 0 saturated heterocycles. The minimum atomic E-state index is -2.04. The van der Waals surface area contributed by atoms with Gasteiger partial charge in [-0.15, -0.1) is 0 Å². The molecule has 5 heteroatoms. The van der Waals surface area contributed by atoms with Crippen molar-refractivity contribution in [3.05, 3.63) is 159 Å². The van der Waals surface area contributed by atoms with Crippen molar-refractivity contribution in [2.45, 2.75) is 5.79 Å². The van der Waals surface area contributed by atoms with Gasteiger partial charge in [0.2, 0.25) is 0 Å². The first-order chi connectivity index (χ1) is 17.5. The van der Waals surface area contributed by atoms with Gasteiger partial charge in [-0.1, -0.05) is 107 Å². The van der Waals surface area contributed by atoms with E-state index in [0.717, 1.165) is 4.47 Å². The van der Waals surface area contributed by atoms with E-state index in [0.29, 0.717) is 22.3 Å². The van der Waals surface area contributed by atoms with E-state index >= 15 is 0 Å². The van der Waals surface area contributed by atoms with Crippen molar-refractivity contribution in [3.63, 3.8) is 0 Å². The van der Waals surface area contributed by atoms with Crippen molar-refractivity contribution in [1.82, 2.24) is 0 Å². The van der Waals surface area contributed by atoms with Gasteiger partial charge in [0.1, 0.15) is 5.76 Å². The largest absolute Gasteiger partial charge is 0.452 e. The first-order valence-electron chi connectivity index (χ1n) is 11.4. The predicted molar refractivity (Wildman–Crippen MR) is 142 cm³/mol. The molecule has 1 heterocycles. The molecular formula is C31H21BrO4. The van der Waals surface area contributed by atoms with Crippen LogP contribution in [0.5, 0.6) is 0 Å². The van der Waals surface area contributed by atoms with Crippen molar-refractivity contribution in [1.29, 1.82) is 0 Å². The monoisotopic (exact) mass is 536 g/mol. The Morgan fingerprint density at radius 1 is 0.722 bits per heavy atom.